The maximum atomic E-state index is 12.0. The Morgan fingerprint density at radius 3 is 2.62 bits per heavy atom. The largest absolute Gasteiger partial charge is 0.407 e. The lowest BCUT2D eigenvalue weighted by molar-refractivity contribution is -0.132. The van der Waals surface area contributed by atoms with Gasteiger partial charge in [-0.2, -0.15) is 13.2 Å². The van der Waals surface area contributed by atoms with E-state index in [2.05, 4.69) is 15.5 Å². The molecule has 1 heterocycles. The molecule has 0 fully saturated rings. The van der Waals surface area contributed by atoms with E-state index >= 15 is 0 Å². The number of hydrogen-bond acceptors (Lipinski definition) is 5. The highest BCUT2D eigenvalue weighted by Gasteiger charge is 2.28. The van der Waals surface area contributed by atoms with Crippen molar-refractivity contribution in [3.63, 3.8) is 0 Å². The molecule has 0 aliphatic heterocycles. The Kier molecular flexibility index (Phi) is 4.11. The summed E-state index contributed by atoms with van der Waals surface area (Å²) >= 11 is 0. The van der Waals surface area contributed by atoms with E-state index < -0.39 is 12.6 Å². The Morgan fingerprint density at radius 2 is 2.06 bits per heavy atom. The second-order valence-corrected chi connectivity index (χ2v) is 3.30. The fourth-order valence-electron chi connectivity index (χ4n) is 1.01. The monoisotopic (exact) mass is 238 g/mol. The second kappa shape index (κ2) is 5.15. The van der Waals surface area contributed by atoms with Crippen LogP contribution in [0.3, 0.4) is 0 Å². The van der Waals surface area contributed by atoms with Crippen LogP contribution in [0.2, 0.25) is 0 Å². The van der Waals surface area contributed by atoms with Crippen LogP contribution in [-0.2, 0) is 6.54 Å². The molecule has 8 heteroatoms. The molecule has 0 spiro atoms. The molecular weight excluding hydrogens is 225 g/mol. The van der Waals surface area contributed by atoms with Gasteiger partial charge in [-0.1, -0.05) is 5.10 Å². The summed E-state index contributed by atoms with van der Waals surface area (Å²) in [5, 5.41) is 10.1. The van der Waals surface area contributed by atoms with Crippen LogP contribution in [0, 0.1) is 0 Å². The molecule has 0 bridgehead atoms. The maximum absolute atomic E-state index is 12.0. The fraction of sp³-hybridized carbons (Fsp3) is 0.750. The van der Waals surface area contributed by atoms with Crippen LogP contribution in [-0.4, -0.2) is 37.0 Å². The van der Waals surface area contributed by atoms with Gasteiger partial charge >= 0.3 is 12.2 Å². The number of hydrogen-bond donors (Lipinski definition) is 1. The van der Waals surface area contributed by atoms with E-state index in [1.54, 1.807) is 7.05 Å². The number of nitrogens with zero attached hydrogens (tertiary/aromatic N) is 3. The van der Waals surface area contributed by atoms with E-state index in [4.69, 9.17) is 4.42 Å². The molecule has 16 heavy (non-hydrogen) atoms. The molecule has 0 saturated carbocycles. The number of aromatic nitrogens is 2. The summed E-state index contributed by atoms with van der Waals surface area (Å²) in [4.78, 5) is 1.28. The quantitative estimate of drug-likeness (QED) is 0.834. The molecule has 1 aromatic heterocycles. The molecule has 0 amide bonds. The first kappa shape index (κ1) is 12.8. The van der Waals surface area contributed by atoms with E-state index in [1.165, 1.54) is 11.9 Å². The van der Waals surface area contributed by atoms with Gasteiger partial charge in [0.25, 0.3) is 0 Å². The van der Waals surface area contributed by atoms with Gasteiger partial charge in [0.2, 0.25) is 5.89 Å². The van der Waals surface area contributed by atoms with E-state index in [9.17, 15) is 13.2 Å². The van der Waals surface area contributed by atoms with Crippen molar-refractivity contribution in [1.29, 1.82) is 0 Å². The van der Waals surface area contributed by atoms with Crippen molar-refractivity contribution in [2.45, 2.75) is 19.1 Å². The Morgan fingerprint density at radius 1 is 1.38 bits per heavy atom. The van der Waals surface area contributed by atoms with E-state index in [0.717, 1.165) is 0 Å². The summed E-state index contributed by atoms with van der Waals surface area (Å²) in [5.74, 6) is 0.344. The maximum Gasteiger partial charge on any atom is 0.390 e. The summed E-state index contributed by atoms with van der Waals surface area (Å²) in [5.41, 5.74) is 0. The summed E-state index contributed by atoms with van der Waals surface area (Å²) < 4.78 is 41.0. The molecule has 1 aromatic rings. The molecule has 92 valence electrons. The highest BCUT2D eigenvalue weighted by Crippen LogP contribution is 2.21. The van der Waals surface area contributed by atoms with Gasteiger partial charge in [0, 0.05) is 13.6 Å². The summed E-state index contributed by atoms with van der Waals surface area (Å²) in [6.45, 7) is 0.185. The molecule has 1 N–H and O–H groups in total. The van der Waals surface area contributed by atoms with Crippen molar-refractivity contribution in [2.75, 3.05) is 25.5 Å². The molecule has 0 radical (unpaired) electrons. The van der Waals surface area contributed by atoms with Crippen molar-refractivity contribution >= 4 is 6.01 Å². The Bertz CT molecular complexity index is 325. The van der Waals surface area contributed by atoms with Crippen LogP contribution in [0.25, 0.3) is 0 Å². The highest BCUT2D eigenvalue weighted by atomic mass is 19.4. The topological polar surface area (TPSA) is 54.2 Å². The van der Waals surface area contributed by atoms with Gasteiger partial charge in [0.05, 0.1) is 13.0 Å². The van der Waals surface area contributed by atoms with E-state index in [-0.39, 0.29) is 12.6 Å². The molecular formula is C8H13F3N4O. The third kappa shape index (κ3) is 4.05. The van der Waals surface area contributed by atoms with Crippen molar-refractivity contribution < 1.29 is 17.6 Å². The molecule has 5 nitrogen and oxygen atoms in total. The molecule has 0 aliphatic carbocycles. The molecule has 0 aromatic carbocycles. The van der Waals surface area contributed by atoms with Crippen molar-refractivity contribution in [3.8, 4) is 0 Å². The number of halogens is 3. The summed E-state index contributed by atoms with van der Waals surface area (Å²) in [6, 6.07) is 0.0921. The predicted octanol–water partition coefficient (Wildman–Crippen LogP) is 1.18. The molecule has 0 aliphatic rings. The highest BCUT2D eigenvalue weighted by molar-refractivity contribution is 5.21. The third-order valence-electron chi connectivity index (χ3n) is 1.84. The molecule has 0 saturated heterocycles. The molecule has 0 atom stereocenters. The van der Waals surface area contributed by atoms with E-state index in [1.807, 2.05) is 0 Å². The zero-order valence-corrected chi connectivity index (χ0v) is 9.01. The van der Waals surface area contributed by atoms with Crippen molar-refractivity contribution in [2.24, 2.45) is 0 Å². The standard InChI is InChI=1S/C8H13F3N4O/c1-12-5-6-13-14-7(16-6)15(2)4-3-8(9,10)11/h12H,3-5H2,1-2H3. The van der Waals surface area contributed by atoms with Gasteiger partial charge in [0.15, 0.2) is 0 Å². The lowest BCUT2D eigenvalue weighted by Crippen LogP contribution is -2.24. The normalized spacial score (nSPS) is 11.8. The van der Waals surface area contributed by atoms with Crippen molar-refractivity contribution in [1.82, 2.24) is 15.5 Å². The molecule has 0 unspecified atom stereocenters. The fourth-order valence-corrected chi connectivity index (χ4v) is 1.01. The third-order valence-corrected chi connectivity index (χ3v) is 1.84. The molecule has 1 rings (SSSR count). The Labute approximate surface area is 90.6 Å². The first-order chi connectivity index (χ1) is 7.42. The smallest absolute Gasteiger partial charge is 0.390 e. The number of rotatable bonds is 5. The van der Waals surface area contributed by atoms with Crippen LogP contribution in [0.5, 0.6) is 0 Å². The number of nitrogens with one attached hydrogen (secondary N) is 1. The van der Waals surface area contributed by atoms with Crippen LogP contribution in [0.4, 0.5) is 19.2 Å². The van der Waals surface area contributed by atoms with Crippen molar-refractivity contribution in [3.05, 3.63) is 5.89 Å². The van der Waals surface area contributed by atoms with Crippen LogP contribution < -0.4 is 10.2 Å². The zero-order chi connectivity index (χ0) is 12.2. The minimum absolute atomic E-state index is 0.0921. The minimum atomic E-state index is -4.18. The lowest BCUT2D eigenvalue weighted by atomic mass is 10.4. The average molecular weight is 238 g/mol. The van der Waals surface area contributed by atoms with Gasteiger partial charge in [-0.05, 0) is 7.05 Å². The Balaban J connectivity index is 2.49. The van der Waals surface area contributed by atoms with Crippen LogP contribution in [0.15, 0.2) is 4.42 Å². The predicted molar refractivity (Wildman–Crippen MR) is 51.0 cm³/mol. The Hall–Kier alpha value is -1.31. The SMILES string of the molecule is CNCc1nnc(N(C)CCC(F)(F)F)o1. The van der Waals surface area contributed by atoms with Crippen LogP contribution in [0.1, 0.15) is 12.3 Å². The summed E-state index contributed by atoms with van der Waals surface area (Å²) in [7, 11) is 3.18. The zero-order valence-electron chi connectivity index (χ0n) is 9.01. The van der Waals surface area contributed by atoms with E-state index in [0.29, 0.717) is 12.4 Å². The second-order valence-electron chi connectivity index (χ2n) is 3.30. The first-order valence-corrected chi connectivity index (χ1v) is 4.67. The van der Waals surface area contributed by atoms with Gasteiger partial charge in [-0.15, -0.1) is 5.10 Å². The lowest BCUT2D eigenvalue weighted by Gasteiger charge is -2.14. The summed E-state index contributed by atoms with van der Waals surface area (Å²) in [6.07, 6.45) is -5.09. The first-order valence-electron chi connectivity index (χ1n) is 4.67. The number of anilines is 1. The average Bonchev–Trinajstić information content (AvgIpc) is 2.62. The van der Waals surface area contributed by atoms with Gasteiger partial charge in [-0.3, -0.25) is 0 Å². The van der Waals surface area contributed by atoms with Crippen LogP contribution >= 0.6 is 0 Å². The van der Waals surface area contributed by atoms with Gasteiger partial charge in [-0.25, -0.2) is 0 Å². The number of alkyl halides is 3. The minimum Gasteiger partial charge on any atom is -0.407 e. The van der Waals surface area contributed by atoms with Gasteiger partial charge in [0.1, 0.15) is 0 Å². The van der Waals surface area contributed by atoms with Gasteiger partial charge < -0.3 is 14.6 Å².